The number of rotatable bonds is 11. The lowest BCUT2D eigenvalue weighted by molar-refractivity contribution is -0.118. The molecule has 1 saturated heterocycles. The van der Waals surface area contributed by atoms with Gasteiger partial charge in [-0.3, -0.25) is 4.79 Å². The molecule has 7 rings (SSSR count). The van der Waals surface area contributed by atoms with E-state index in [4.69, 9.17) is 9.47 Å². The molecule has 2 N–H and O–H groups in total. The summed E-state index contributed by atoms with van der Waals surface area (Å²) in [6.07, 6.45) is 10.8. The van der Waals surface area contributed by atoms with E-state index in [0.29, 0.717) is 22.4 Å². The summed E-state index contributed by atoms with van der Waals surface area (Å²) in [5.74, 6) is 1.68. The molecule has 2 unspecified atom stereocenters. The van der Waals surface area contributed by atoms with Crippen molar-refractivity contribution < 1.29 is 19.1 Å². The van der Waals surface area contributed by atoms with Crippen LogP contribution in [0.5, 0.6) is 5.75 Å². The Morgan fingerprint density at radius 3 is 2.48 bits per heavy atom. The molecule has 40 heavy (non-hydrogen) atoms. The average Bonchev–Trinajstić information content (AvgIpc) is 3.47. The Hall–Kier alpha value is -2.90. The second-order valence-corrected chi connectivity index (χ2v) is 12.9. The number of esters is 1. The van der Waals surface area contributed by atoms with E-state index >= 15 is 0 Å². The Bertz CT molecular complexity index is 1190. The first kappa shape index (κ1) is 27.3. The van der Waals surface area contributed by atoms with Crippen LogP contribution in [0.1, 0.15) is 67.3 Å². The van der Waals surface area contributed by atoms with E-state index in [-0.39, 0.29) is 17.9 Å². The third-order valence-corrected chi connectivity index (χ3v) is 9.89. The van der Waals surface area contributed by atoms with Gasteiger partial charge in [-0.1, -0.05) is 18.2 Å². The van der Waals surface area contributed by atoms with Crippen molar-refractivity contribution in [1.82, 2.24) is 10.2 Å². The SMILES string of the molecule is COC(=O)c1cccc(NC(=O)COc2ccc(C34CC5CC(CC(CNCCN6CCCC6)(C5)C3)C4)cc2)c1. The summed E-state index contributed by atoms with van der Waals surface area (Å²) < 4.78 is 10.6. The summed E-state index contributed by atoms with van der Waals surface area (Å²) in [6, 6.07) is 15.2. The van der Waals surface area contributed by atoms with Gasteiger partial charge in [0, 0.05) is 25.3 Å². The van der Waals surface area contributed by atoms with Gasteiger partial charge in [-0.25, -0.2) is 4.79 Å². The minimum atomic E-state index is -0.439. The highest BCUT2D eigenvalue weighted by molar-refractivity contribution is 5.95. The molecule has 5 fully saturated rings. The molecule has 0 aromatic heterocycles. The van der Waals surface area contributed by atoms with Crippen molar-refractivity contribution in [2.75, 3.05) is 51.8 Å². The molecule has 1 amide bonds. The van der Waals surface area contributed by atoms with Gasteiger partial charge in [0.1, 0.15) is 5.75 Å². The van der Waals surface area contributed by atoms with Crippen molar-refractivity contribution >= 4 is 17.6 Å². The fourth-order valence-electron chi connectivity index (χ4n) is 8.69. The molecule has 2 aromatic rings. The smallest absolute Gasteiger partial charge is 0.337 e. The van der Waals surface area contributed by atoms with Gasteiger partial charge < -0.3 is 25.0 Å². The molecule has 2 atom stereocenters. The highest BCUT2D eigenvalue weighted by Gasteiger charge is 2.57. The van der Waals surface area contributed by atoms with Crippen LogP contribution in [0.3, 0.4) is 0 Å². The maximum Gasteiger partial charge on any atom is 0.337 e. The van der Waals surface area contributed by atoms with Crippen LogP contribution >= 0.6 is 0 Å². The largest absolute Gasteiger partial charge is 0.484 e. The lowest BCUT2D eigenvalue weighted by Gasteiger charge is -2.62. The Kier molecular flexibility index (Phi) is 7.87. The first-order valence-corrected chi connectivity index (χ1v) is 15.1. The number of hydrogen-bond acceptors (Lipinski definition) is 6. The van der Waals surface area contributed by atoms with Crippen LogP contribution < -0.4 is 15.4 Å². The minimum Gasteiger partial charge on any atom is -0.484 e. The second kappa shape index (κ2) is 11.5. The number of carbonyl (C=O) groups excluding carboxylic acids is 2. The van der Waals surface area contributed by atoms with Crippen LogP contribution in [-0.4, -0.2) is 63.2 Å². The van der Waals surface area contributed by atoms with E-state index < -0.39 is 5.97 Å². The van der Waals surface area contributed by atoms with Crippen molar-refractivity contribution in [2.45, 2.75) is 56.8 Å². The van der Waals surface area contributed by atoms with Crippen LogP contribution in [0.2, 0.25) is 0 Å². The lowest BCUT2D eigenvalue weighted by Crippen LogP contribution is -2.57. The summed E-state index contributed by atoms with van der Waals surface area (Å²) in [5.41, 5.74) is 3.09. The maximum atomic E-state index is 12.5. The lowest BCUT2D eigenvalue weighted by atomic mass is 9.43. The highest BCUT2D eigenvalue weighted by atomic mass is 16.5. The number of nitrogens with zero attached hydrogens (tertiary/aromatic N) is 1. The van der Waals surface area contributed by atoms with Crippen LogP contribution in [-0.2, 0) is 14.9 Å². The minimum absolute atomic E-state index is 0.0939. The van der Waals surface area contributed by atoms with E-state index in [9.17, 15) is 9.59 Å². The van der Waals surface area contributed by atoms with Crippen molar-refractivity contribution in [3.8, 4) is 5.75 Å². The third kappa shape index (κ3) is 5.91. The van der Waals surface area contributed by atoms with E-state index in [1.165, 1.54) is 83.7 Å². The third-order valence-electron chi connectivity index (χ3n) is 9.89. The number of amides is 1. The molecule has 214 valence electrons. The van der Waals surface area contributed by atoms with Gasteiger partial charge in [-0.2, -0.15) is 0 Å². The topological polar surface area (TPSA) is 79.9 Å². The van der Waals surface area contributed by atoms with E-state index in [1.807, 2.05) is 12.1 Å². The number of benzene rings is 2. The van der Waals surface area contributed by atoms with Crippen molar-refractivity contribution in [3.05, 3.63) is 59.7 Å². The van der Waals surface area contributed by atoms with Gasteiger partial charge >= 0.3 is 5.97 Å². The van der Waals surface area contributed by atoms with Crippen molar-refractivity contribution in [2.24, 2.45) is 17.3 Å². The monoisotopic (exact) mass is 545 g/mol. The summed E-state index contributed by atoms with van der Waals surface area (Å²) >= 11 is 0. The normalized spacial score (nSPS) is 28.9. The number of carbonyl (C=O) groups is 2. The maximum absolute atomic E-state index is 12.5. The standard InChI is InChI=1S/C33H43N3O4/c1-39-31(38)26-5-4-6-28(16-26)35-30(37)21-40-29-9-7-27(8-10-29)33-19-24-15-25(20-33)18-32(17-24,22-33)23-34-11-14-36-12-2-3-13-36/h4-10,16,24-25,34H,2-3,11-15,17-23H2,1H3,(H,35,37). The number of anilines is 1. The van der Waals surface area contributed by atoms with Crippen molar-refractivity contribution in [3.63, 3.8) is 0 Å². The first-order chi connectivity index (χ1) is 19.4. The highest BCUT2D eigenvalue weighted by Crippen LogP contribution is 2.65. The van der Waals surface area contributed by atoms with Crippen LogP contribution in [0.25, 0.3) is 0 Å². The molecule has 4 saturated carbocycles. The summed E-state index contributed by atoms with van der Waals surface area (Å²) in [7, 11) is 1.34. The zero-order valence-electron chi connectivity index (χ0n) is 23.8. The zero-order chi connectivity index (χ0) is 27.6. The molecule has 1 heterocycles. The van der Waals surface area contributed by atoms with Gasteiger partial charge in [0.25, 0.3) is 5.91 Å². The predicted molar refractivity (Wildman–Crippen MR) is 156 cm³/mol. The van der Waals surface area contributed by atoms with Gasteiger partial charge in [0.2, 0.25) is 0 Å². The molecule has 4 aliphatic carbocycles. The number of nitrogens with one attached hydrogen (secondary N) is 2. The number of ether oxygens (including phenoxy) is 2. The van der Waals surface area contributed by atoms with Gasteiger partial charge in [0.05, 0.1) is 12.7 Å². The number of hydrogen-bond donors (Lipinski definition) is 2. The first-order valence-electron chi connectivity index (χ1n) is 15.1. The Morgan fingerprint density at radius 2 is 1.75 bits per heavy atom. The van der Waals surface area contributed by atoms with Crippen molar-refractivity contribution in [1.29, 1.82) is 0 Å². The molecule has 0 radical (unpaired) electrons. The molecular formula is C33H43N3O4. The summed E-state index contributed by atoms with van der Waals surface area (Å²) in [6.45, 7) is 5.91. The van der Waals surface area contributed by atoms with Crippen LogP contribution in [0.4, 0.5) is 5.69 Å². The fourth-order valence-corrected chi connectivity index (χ4v) is 8.69. The molecule has 0 spiro atoms. The summed E-state index contributed by atoms with van der Waals surface area (Å²) in [4.78, 5) is 26.8. The molecule has 2 aromatic carbocycles. The summed E-state index contributed by atoms with van der Waals surface area (Å²) in [5, 5.41) is 6.67. The van der Waals surface area contributed by atoms with E-state index in [0.717, 1.165) is 24.9 Å². The van der Waals surface area contributed by atoms with Gasteiger partial charge in [-0.05, 0) is 123 Å². The average molecular weight is 546 g/mol. The Balaban J connectivity index is 1.04. The molecule has 1 aliphatic heterocycles. The quantitative estimate of drug-likeness (QED) is 0.305. The molecular weight excluding hydrogens is 502 g/mol. The van der Waals surface area contributed by atoms with Crippen LogP contribution in [0.15, 0.2) is 48.5 Å². The molecule has 7 heteroatoms. The molecule has 5 aliphatic rings. The van der Waals surface area contributed by atoms with Gasteiger partial charge in [-0.15, -0.1) is 0 Å². The Morgan fingerprint density at radius 1 is 1.00 bits per heavy atom. The Labute approximate surface area is 238 Å². The molecule has 7 nitrogen and oxygen atoms in total. The van der Waals surface area contributed by atoms with E-state index in [1.54, 1.807) is 24.3 Å². The number of likely N-dealkylation sites (tertiary alicyclic amines) is 1. The molecule has 4 bridgehead atoms. The fraction of sp³-hybridized carbons (Fsp3) is 0.576. The van der Waals surface area contributed by atoms with Crippen LogP contribution in [0, 0.1) is 17.3 Å². The predicted octanol–water partition coefficient (Wildman–Crippen LogP) is 5.01. The second-order valence-electron chi connectivity index (χ2n) is 12.9. The zero-order valence-corrected chi connectivity index (χ0v) is 23.8. The van der Waals surface area contributed by atoms with Gasteiger partial charge in [0.15, 0.2) is 6.61 Å². The van der Waals surface area contributed by atoms with E-state index in [2.05, 4.69) is 27.7 Å². The number of methoxy groups -OCH3 is 1.